The number of carbonyl (C=O) groups is 2. The molecule has 0 unspecified atom stereocenters. The van der Waals surface area contributed by atoms with Crippen molar-refractivity contribution in [2.75, 3.05) is 23.7 Å². The predicted molar refractivity (Wildman–Crippen MR) is 111 cm³/mol. The molecule has 1 aliphatic rings. The standard InChI is InChI=1S/C22H20N2O2S/c1-15-8-10-17(11-9-15)27-13-12-23-20(25)14-24-19-7-3-5-16-4-2-6-18(21(16)19)22(24)26/h2-11H,12-14H2,1H3,(H,23,25). The molecular formula is C22H20N2O2S. The molecule has 0 fully saturated rings. The van der Waals surface area contributed by atoms with Crippen molar-refractivity contribution < 1.29 is 9.59 Å². The number of carbonyl (C=O) groups excluding carboxylic acids is 2. The Hall–Kier alpha value is -2.79. The molecule has 0 bridgehead atoms. The first-order valence-electron chi connectivity index (χ1n) is 8.93. The topological polar surface area (TPSA) is 49.4 Å². The summed E-state index contributed by atoms with van der Waals surface area (Å²) in [6.45, 7) is 2.67. The zero-order chi connectivity index (χ0) is 18.8. The van der Waals surface area contributed by atoms with Crippen LogP contribution in [0.4, 0.5) is 5.69 Å². The number of hydrogen-bond acceptors (Lipinski definition) is 3. The Bertz CT molecular complexity index is 1010. The fourth-order valence-electron chi connectivity index (χ4n) is 3.33. The molecule has 136 valence electrons. The average molecular weight is 376 g/mol. The first-order chi connectivity index (χ1) is 13.1. The molecule has 4 nitrogen and oxygen atoms in total. The van der Waals surface area contributed by atoms with E-state index in [0.29, 0.717) is 12.1 Å². The fraction of sp³-hybridized carbons (Fsp3) is 0.182. The zero-order valence-corrected chi connectivity index (χ0v) is 15.9. The maximum absolute atomic E-state index is 12.7. The van der Waals surface area contributed by atoms with Crippen molar-refractivity contribution in [1.82, 2.24) is 5.32 Å². The third-order valence-corrected chi connectivity index (χ3v) is 5.68. The highest BCUT2D eigenvalue weighted by Gasteiger charge is 2.30. The minimum Gasteiger partial charge on any atom is -0.354 e. The molecule has 1 N–H and O–H groups in total. The van der Waals surface area contributed by atoms with E-state index in [9.17, 15) is 9.59 Å². The maximum Gasteiger partial charge on any atom is 0.259 e. The van der Waals surface area contributed by atoms with Gasteiger partial charge >= 0.3 is 0 Å². The highest BCUT2D eigenvalue weighted by atomic mass is 32.2. The summed E-state index contributed by atoms with van der Waals surface area (Å²) in [4.78, 5) is 27.8. The number of nitrogens with one attached hydrogen (secondary N) is 1. The van der Waals surface area contributed by atoms with Gasteiger partial charge < -0.3 is 5.32 Å². The number of rotatable bonds is 6. The van der Waals surface area contributed by atoms with Crippen molar-refractivity contribution in [1.29, 1.82) is 0 Å². The van der Waals surface area contributed by atoms with Gasteiger partial charge in [-0.1, -0.05) is 42.0 Å². The van der Waals surface area contributed by atoms with Crippen molar-refractivity contribution in [3.63, 3.8) is 0 Å². The molecule has 1 heterocycles. The van der Waals surface area contributed by atoms with E-state index in [-0.39, 0.29) is 18.4 Å². The Morgan fingerprint density at radius 2 is 1.78 bits per heavy atom. The molecule has 0 aromatic heterocycles. The number of anilines is 1. The molecule has 3 aromatic rings. The molecule has 0 spiro atoms. The Balaban J connectivity index is 1.34. The van der Waals surface area contributed by atoms with Crippen LogP contribution in [0.2, 0.25) is 0 Å². The van der Waals surface area contributed by atoms with E-state index in [4.69, 9.17) is 0 Å². The van der Waals surface area contributed by atoms with Crippen LogP contribution in [0.3, 0.4) is 0 Å². The van der Waals surface area contributed by atoms with Gasteiger partial charge in [-0.3, -0.25) is 14.5 Å². The van der Waals surface area contributed by atoms with E-state index in [1.165, 1.54) is 10.5 Å². The van der Waals surface area contributed by atoms with E-state index >= 15 is 0 Å². The number of amides is 2. The number of nitrogens with zero attached hydrogens (tertiary/aromatic N) is 1. The predicted octanol–water partition coefficient (Wildman–Crippen LogP) is 4.02. The molecule has 1 aliphatic heterocycles. The summed E-state index contributed by atoms with van der Waals surface area (Å²) in [5.74, 6) is 0.544. The van der Waals surface area contributed by atoms with Gasteiger partial charge in [-0.2, -0.15) is 0 Å². The molecule has 3 aromatic carbocycles. The van der Waals surface area contributed by atoms with E-state index in [1.54, 1.807) is 16.7 Å². The second-order valence-electron chi connectivity index (χ2n) is 6.58. The van der Waals surface area contributed by atoms with Crippen LogP contribution in [0.1, 0.15) is 15.9 Å². The molecule has 2 amide bonds. The van der Waals surface area contributed by atoms with Crippen LogP contribution in [0.25, 0.3) is 10.8 Å². The van der Waals surface area contributed by atoms with Gasteiger partial charge in [0.15, 0.2) is 0 Å². The molecule has 4 rings (SSSR count). The van der Waals surface area contributed by atoms with Crippen LogP contribution in [0.5, 0.6) is 0 Å². The lowest BCUT2D eigenvalue weighted by Gasteiger charge is -2.17. The molecular weight excluding hydrogens is 356 g/mol. The van der Waals surface area contributed by atoms with Gasteiger partial charge in [0.1, 0.15) is 6.54 Å². The zero-order valence-electron chi connectivity index (χ0n) is 15.1. The van der Waals surface area contributed by atoms with Crippen LogP contribution in [-0.2, 0) is 4.79 Å². The average Bonchev–Trinajstić information content (AvgIpc) is 2.95. The largest absolute Gasteiger partial charge is 0.354 e. The monoisotopic (exact) mass is 376 g/mol. The maximum atomic E-state index is 12.7. The normalized spacial score (nSPS) is 12.6. The Morgan fingerprint density at radius 3 is 2.56 bits per heavy atom. The third kappa shape index (κ3) is 3.55. The van der Waals surface area contributed by atoms with E-state index in [0.717, 1.165) is 22.2 Å². The van der Waals surface area contributed by atoms with Gasteiger partial charge in [-0.05, 0) is 36.6 Å². The summed E-state index contributed by atoms with van der Waals surface area (Å²) < 4.78 is 0. The number of aryl methyl sites for hydroxylation is 1. The molecule has 0 atom stereocenters. The van der Waals surface area contributed by atoms with Gasteiger partial charge in [0.25, 0.3) is 5.91 Å². The molecule has 0 aliphatic carbocycles. The number of hydrogen-bond donors (Lipinski definition) is 1. The lowest BCUT2D eigenvalue weighted by Crippen LogP contribution is -2.39. The SMILES string of the molecule is Cc1ccc(SCCNC(=O)CN2C(=O)c3cccc4cccc2c34)cc1. The van der Waals surface area contributed by atoms with Gasteiger partial charge in [0.05, 0.1) is 5.69 Å². The Labute approximate surface area is 162 Å². The van der Waals surface area contributed by atoms with Crippen LogP contribution >= 0.6 is 11.8 Å². The quantitative estimate of drug-likeness (QED) is 0.522. The summed E-state index contributed by atoms with van der Waals surface area (Å²) in [5.41, 5.74) is 2.72. The van der Waals surface area contributed by atoms with E-state index < -0.39 is 0 Å². The minimum atomic E-state index is -0.141. The lowest BCUT2D eigenvalue weighted by molar-refractivity contribution is -0.119. The van der Waals surface area contributed by atoms with Crippen molar-refractivity contribution in [2.24, 2.45) is 0 Å². The highest BCUT2D eigenvalue weighted by molar-refractivity contribution is 7.99. The summed E-state index contributed by atoms with van der Waals surface area (Å²) in [6, 6.07) is 19.8. The first kappa shape index (κ1) is 17.6. The van der Waals surface area contributed by atoms with Crippen molar-refractivity contribution in [2.45, 2.75) is 11.8 Å². The molecule has 0 saturated heterocycles. The lowest BCUT2D eigenvalue weighted by atomic mass is 10.1. The van der Waals surface area contributed by atoms with Crippen molar-refractivity contribution >= 4 is 40.0 Å². The summed E-state index contributed by atoms with van der Waals surface area (Å²) in [7, 11) is 0. The first-order valence-corrected chi connectivity index (χ1v) is 9.92. The minimum absolute atomic E-state index is 0.0435. The second kappa shape index (κ2) is 7.45. The molecule has 0 radical (unpaired) electrons. The summed E-state index contributed by atoms with van der Waals surface area (Å²) in [5, 5.41) is 4.88. The summed E-state index contributed by atoms with van der Waals surface area (Å²) in [6.07, 6.45) is 0. The summed E-state index contributed by atoms with van der Waals surface area (Å²) >= 11 is 1.70. The number of thioether (sulfide) groups is 1. The van der Waals surface area contributed by atoms with Crippen LogP contribution in [-0.4, -0.2) is 30.7 Å². The fourth-order valence-corrected chi connectivity index (χ4v) is 4.10. The molecule has 5 heteroatoms. The van der Waals surface area contributed by atoms with Crippen LogP contribution in [0.15, 0.2) is 65.6 Å². The third-order valence-electron chi connectivity index (χ3n) is 4.66. The smallest absolute Gasteiger partial charge is 0.259 e. The van der Waals surface area contributed by atoms with Crippen molar-refractivity contribution in [3.05, 3.63) is 71.8 Å². The van der Waals surface area contributed by atoms with Gasteiger partial charge in [0, 0.05) is 28.1 Å². The molecule has 27 heavy (non-hydrogen) atoms. The van der Waals surface area contributed by atoms with E-state index in [2.05, 4.69) is 36.5 Å². The highest BCUT2D eigenvalue weighted by Crippen LogP contribution is 2.36. The van der Waals surface area contributed by atoms with Gasteiger partial charge in [-0.15, -0.1) is 11.8 Å². The Morgan fingerprint density at radius 1 is 1.04 bits per heavy atom. The van der Waals surface area contributed by atoms with Crippen LogP contribution < -0.4 is 10.2 Å². The Kier molecular flexibility index (Phi) is 4.86. The second-order valence-corrected chi connectivity index (χ2v) is 7.75. The van der Waals surface area contributed by atoms with Crippen LogP contribution in [0, 0.1) is 6.92 Å². The van der Waals surface area contributed by atoms with E-state index in [1.807, 2.05) is 36.4 Å². The number of benzene rings is 3. The van der Waals surface area contributed by atoms with Gasteiger partial charge in [-0.25, -0.2) is 0 Å². The van der Waals surface area contributed by atoms with Gasteiger partial charge in [0.2, 0.25) is 5.91 Å². The van der Waals surface area contributed by atoms with Crippen molar-refractivity contribution in [3.8, 4) is 0 Å². The molecule has 0 saturated carbocycles.